The lowest BCUT2D eigenvalue weighted by Crippen LogP contribution is -2.52. The van der Waals surface area contributed by atoms with Crippen molar-refractivity contribution in [2.45, 2.75) is 32.6 Å². The van der Waals surface area contributed by atoms with Crippen LogP contribution < -0.4 is 5.73 Å². The molecule has 1 aliphatic heterocycles. The van der Waals surface area contributed by atoms with Crippen LogP contribution in [0.2, 0.25) is 0 Å². The van der Waals surface area contributed by atoms with Crippen molar-refractivity contribution in [3.05, 3.63) is 0 Å². The molecule has 1 unspecified atom stereocenters. The highest BCUT2D eigenvalue weighted by molar-refractivity contribution is 5.82. The van der Waals surface area contributed by atoms with Crippen LogP contribution in [0.1, 0.15) is 32.6 Å². The normalized spacial score (nSPS) is 21.4. The summed E-state index contributed by atoms with van der Waals surface area (Å²) in [6, 6.07) is 0. The Kier molecular flexibility index (Phi) is 4.80. The lowest BCUT2D eigenvalue weighted by atomic mass is 10.0. The first kappa shape index (κ1) is 14.3. The molecular formula is C14H25N3O2. The molecule has 2 N–H and O–H groups in total. The average Bonchev–Trinajstić information content (AvgIpc) is 3.28. The first-order valence-corrected chi connectivity index (χ1v) is 7.41. The van der Waals surface area contributed by atoms with Gasteiger partial charge in [-0.2, -0.15) is 0 Å². The first-order valence-electron chi connectivity index (χ1n) is 7.41. The van der Waals surface area contributed by atoms with E-state index in [1.54, 1.807) is 0 Å². The van der Waals surface area contributed by atoms with Gasteiger partial charge in [-0.05, 0) is 32.2 Å². The zero-order valence-electron chi connectivity index (χ0n) is 11.8. The van der Waals surface area contributed by atoms with Crippen LogP contribution in [0.25, 0.3) is 0 Å². The van der Waals surface area contributed by atoms with Gasteiger partial charge in [-0.15, -0.1) is 0 Å². The molecule has 108 valence electrons. The molecule has 0 spiro atoms. The minimum Gasteiger partial charge on any atom is -0.339 e. The van der Waals surface area contributed by atoms with Crippen molar-refractivity contribution < 1.29 is 9.59 Å². The van der Waals surface area contributed by atoms with E-state index in [2.05, 4.69) is 0 Å². The fourth-order valence-electron chi connectivity index (χ4n) is 2.59. The van der Waals surface area contributed by atoms with Crippen molar-refractivity contribution in [3.63, 3.8) is 0 Å². The summed E-state index contributed by atoms with van der Waals surface area (Å²) >= 11 is 0. The van der Waals surface area contributed by atoms with Crippen LogP contribution in [0, 0.1) is 11.8 Å². The molecule has 0 aromatic rings. The van der Waals surface area contributed by atoms with Crippen molar-refractivity contribution in [1.29, 1.82) is 0 Å². The largest absolute Gasteiger partial charge is 0.339 e. The van der Waals surface area contributed by atoms with Crippen LogP contribution in [0.15, 0.2) is 0 Å². The minimum absolute atomic E-state index is 0.0502. The van der Waals surface area contributed by atoms with Crippen molar-refractivity contribution in [1.82, 2.24) is 9.80 Å². The van der Waals surface area contributed by atoms with Crippen molar-refractivity contribution in [2.24, 2.45) is 17.6 Å². The monoisotopic (exact) mass is 267 g/mol. The van der Waals surface area contributed by atoms with Gasteiger partial charge in [-0.3, -0.25) is 9.59 Å². The van der Waals surface area contributed by atoms with Crippen LogP contribution in [0.3, 0.4) is 0 Å². The fourth-order valence-corrected chi connectivity index (χ4v) is 2.59. The quantitative estimate of drug-likeness (QED) is 0.786. The number of nitrogens with zero attached hydrogens (tertiary/aromatic N) is 2. The number of piperazine rings is 1. The van der Waals surface area contributed by atoms with Crippen molar-refractivity contribution in [3.8, 4) is 0 Å². The molecule has 0 bridgehead atoms. The molecule has 5 nitrogen and oxygen atoms in total. The van der Waals surface area contributed by atoms with Crippen LogP contribution in [0.5, 0.6) is 0 Å². The molecule has 0 radical (unpaired) electrons. The Morgan fingerprint density at radius 3 is 2.26 bits per heavy atom. The predicted molar refractivity (Wildman–Crippen MR) is 73.3 cm³/mol. The van der Waals surface area contributed by atoms with Gasteiger partial charge in [0.05, 0.1) is 0 Å². The standard InChI is InChI=1S/C14H25N3O2/c1-11(3-2-6-15)13(18)16-7-9-17(10-8-16)14(19)12-4-5-12/h11-12H,2-10,15H2,1H3. The Morgan fingerprint density at radius 1 is 1.16 bits per heavy atom. The molecule has 0 aromatic carbocycles. The van der Waals surface area contributed by atoms with Crippen molar-refractivity contribution in [2.75, 3.05) is 32.7 Å². The van der Waals surface area contributed by atoms with E-state index in [0.717, 1.165) is 25.7 Å². The molecule has 1 aliphatic carbocycles. The topological polar surface area (TPSA) is 66.6 Å². The van der Waals surface area contributed by atoms with Crippen molar-refractivity contribution >= 4 is 11.8 Å². The third kappa shape index (κ3) is 3.69. The highest BCUT2D eigenvalue weighted by Crippen LogP contribution is 2.31. The van der Waals surface area contributed by atoms with Crippen LogP contribution in [-0.4, -0.2) is 54.3 Å². The summed E-state index contributed by atoms with van der Waals surface area (Å²) in [6.07, 6.45) is 3.85. The Morgan fingerprint density at radius 2 is 1.74 bits per heavy atom. The summed E-state index contributed by atoms with van der Waals surface area (Å²) in [5, 5.41) is 0. The number of amides is 2. The summed E-state index contributed by atoms with van der Waals surface area (Å²) in [6.45, 7) is 5.38. The molecule has 1 saturated carbocycles. The van der Waals surface area contributed by atoms with E-state index >= 15 is 0 Å². The van der Waals surface area contributed by atoms with Gasteiger partial charge in [-0.25, -0.2) is 0 Å². The lowest BCUT2D eigenvalue weighted by Gasteiger charge is -2.36. The van der Waals surface area contributed by atoms with Crippen LogP contribution >= 0.6 is 0 Å². The molecule has 2 rings (SSSR count). The molecule has 2 fully saturated rings. The number of rotatable bonds is 5. The lowest BCUT2D eigenvalue weighted by molar-refractivity contribution is -0.142. The highest BCUT2D eigenvalue weighted by Gasteiger charge is 2.35. The van der Waals surface area contributed by atoms with Crippen LogP contribution in [-0.2, 0) is 9.59 Å². The van der Waals surface area contributed by atoms with E-state index in [0.29, 0.717) is 38.6 Å². The van der Waals surface area contributed by atoms with E-state index in [-0.39, 0.29) is 17.7 Å². The maximum atomic E-state index is 12.2. The van der Waals surface area contributed by atoms with E-state index in [1.165, 1.54) is 0 Å². The zero-order chi connectivity index (χ0) is 13.8. The van der Waals surface area contributed by atoms with Gasteiger partial charge in [0.2, 0.25) is 11.8 Å². The van der Waals surface area contributed by atoms with Gasteiger partial charge in [0.15, 0.2) is 0 Å². The highest BCUT2D eigenvalue weighted by atomic mass is 16.2. The number of hydrogen-bond acceptors (Lipinski definition) is 3. The van der Waals surface area contributed by atoms with Gasteiger partial charge in [0.25, 0.3) is 0 Å². The maximum absolute atomic E-state index is 12.2. The van der Waals surface area contributed by atoms with E-state index in [4.69, 9.17) is 5.73 Å². The zero-order valence-corrected chi connectivity index (χ0v) is 11.8. The Balaban J connectivity index is 1.75. The number of carbonyl (C=O) groups excluding carboxylic acids is 2. The second kappa shape index (κ2) is 6.37. The maximum Gasteiger partial charge on any atom is 0.225 e. The number of hydrogen-bond donors (Lipinski definition) is 1. The van der Waals surface area contributed by atoms with Gasteiger partial charge < -0.3 is 15.5 Å². The minimum atomic E-state index is 0.0502. The molecular weight excluding hydrogens is 242 g/mol. The predicted octanol–water partition coefficient (Wildman–Crippen LogP) is 0.442. The Hall–Kier alpha value is -1.10. The molecule has 2 amide bonds. The van der Waals surface area contributed by atoms with Crippen LogP contribution in [0.4, 0.5) is 0 Å². The summed E-state index contributed by atoms with van der Waals surface area (Å²) < 4.78 is 0. The number of carbonyl (C=O) groups is 2. The molecule has 5 heteroatoms. The van der Waals surface area contributed by atoms with E-state index in [1.807, 2.05) is 16.7 Å². The molecule has 1 atom stereocenters. The summed E-state index contributed by atoms with van der Waals surface area (Å²) in [5.41, 5.74) is 5.47. The second-order valence-corrected chi connectivity index (χ2v) is 5.76. The van der Waals surface area contributed by atoms with Gasteiger partial charge in [0, 0.05) is 38.0 Å². The number of nitrogens with two attached hydrogens (primary N) is 1. The summed E-state index contributed by atoms with van der Waals surface area (Å²) in [5.74, 6) is 0.843. The molecule has 2 aliphatic rings. The molecule has 1 saturated heterocycles. The molecule has 19 heavy (non-hydrogen) atoms. The molecule has 1 heterocycles. The SMILES string of the molecule is CC(CCCN)C(=O)N1CCN(C(=O)C2CC2)CC1. The second-order valence-electron chi connectivity index (χ2n) is 5.76. The average molecular weight is 267 g/mol. The van der Waals surface area contributed by atoms with Gasteiger partial charge in [-0.1, -0.05) is 6.92 Å². The van der Waals surface area contributed by atoms with E-state index in [9.17, 15) is 9.59 Å². The first-order chi connectivity index (χ1) is 9.13. The van der Waals surface area contributed by atoms with Gasteiger partial charge >= 0.3 is 0 Å². The van der Waals surface area contributed by atoms with Gasteiger partial charge in [0.1, 0.15) is 0 Å². The van der Waals surface area contributed by atoms with E-state index < -0.39 is 0 Å². The third-order valence-electron chi connectivity index (χ3n) is 4.09. The Labute approximate surface area is 115 Å². The fraction of sp³-hybridized carbons (Fsp3) is 0.857. The third-order valence-corrected chi connectivity index (χ3v) is 4.09. The smallest absolute Gasteiger partial charge is 0.225 e. The summed E-state index contributed by atoms with van der Waals surface area (Å²) in [4.78, 5) is 28.0. The molecule has 0 aromatic heterocycles. The summed E-state index contributed by atoms with van der Waals surface area (Å²) in [7, 11) is 0. The Bertz CT molecular complexity index is 334.